The Morgan fingerprint density at radius 3 is 2.71 bits per heavy atom. The van der Waals surface area contributed by atoms with Gasteiger partial charge in [0.15, 0.2) is 0 Å². The van der Waals surface area contributed by atoms with Crippen LogP contribution in [-0.2, 0) is 6.54 Å². The average molecular weight is 393 g/mol. The maximum absolute atomic E-state index is 5.44. The van der Waals surface area contributed by atoms with Gasteiger partial charge in [0.25, 0.3) is 0 Å². The highest BCUT2D eigenvalue weighted by Crippen LogP contribution is 2.27. The Kier molecular flexibility index (Phi) is 5.20. The van der Waals surface area contributed by atoms with E-state index < -0.39 is 0 Å². The molecule has 0 spiro atoms. The van der Waals surface area contributed by atoms with Crippen molar-refractivity contribution in [3.05, 3.63) is 65.9 Å². The van der Waals surface area contributed by atoms with Crippen molar-refractivity contribution in [1.29, 1.82) is 0 Å². The molecule has 0 bridgehead atoms. The summed E-state index contributed by atoms with van der Waals surface area (Å²) in [6.45, 7) is 0.558. The number of pyridine rings is 1. The number of anilines is 1. The van der Waals surface area contributed by atoms with E-state index >= 15 is 0 Å². The van der Waals surface area contributed by atoms with E-state index in [0.717, 1.165) is 39.3 Å². The molecular weight excluding hydrogens is 374 g/mol. The SMILES string of the molecule is COc1ccc(OC)c(CNc2cc(-c3ccnn3-c3nccs3)ccn2)c1. The molecule has 0 aliphatic heterocycles. The van der Waals surface area contributed by atoms with Crippen molar-refractivity contribution in [2.24, 2.45) is 0 Å². The van der Waals surface area contributed by atoms with E-state index in [2.05, 4.69) is 20.4 Å². The Morgan fingerprint density at radius 2 is 1.93 bits per heavy atom. The Hall–Kier alpha value is -3.39. The first-order valence-corrected chi connectivity index (χ1v) is 9.51. The second-order valence-corrected chi connectivity index (χ2v) is 6.78. The maximum atomic E-state index is 5.44. The largest absolute Gasteiger partial charge is 0.497 e. The van der Waals surface area contributed by atoms with E-state index in [1.165, 1.54) is 0 Å². The first-order valence-electron chi connectivity index (χ1n) is 8.63. The minimum Gasteiger partial charge on any atom is -0.497 e. The molecule has 0 fully saturated rings. The van der Waals surface area contributed by atoms with Crippen LogP contribution in [-0.4, -0.2) is 34.0 Å². The van der Waals surface area contributed by atoms with Crippen LogP contribution in [0.15, 0.2) is 60.4 Å². The van der Waals surface area contributed by atoms with Crippen molar-refractivity contribution >= 4 is 17.2 Å². The smallest absolute Gasteiger partial charge is 0.210 e. The zero-order chi connectivity index (χ0) is 19.3. The van der Waals surface area contributed by atoms with Gasteiger partial charge in [-0.25, -0.2) is 14.6 Å². The Labute approximate surface area is 166 Å². The lowest BCUT2D eigenvalue weighted by atomic mass is 10.1. The third-order valence-corrected chi connectivity index (χ3v) is 4.99. The van der Waals surface area contributed by atoms with Gasteiger partial charge in [0.05, 0.1) is 26.1 Å². The summed E-state index contributed by atoms with van der Waals surface area (Å²) in [5.41, 5.74) is 2.95. The van der Waals surface area contributed by atoms with Crippen molar-refractivity contribution in [2.75, 3.05) is 19.5 Å². The van der Waals surface area contributed by atoms with E-state index in [1.807, 2.05) is 46.5 Å². The van der Waals surface area contributed by atoms with Gasteiger partial charge in [-0.1, -0.05) is 0 Å². The number of nitrogens with one attached hydrogen (secondary N) is 1. The summed E-state index contributed by atoms with van der Waals surface area (Å²) in [5.74, 6) is 2.34. The quantitative estimate of drug-likeness (QED) is 0.511. The number of hydrogen-bond donors (Lipinski definition) is 1. The molecule has 3 heterocycles. The highest BCUT2D eigenvalue weighted by Gasteiger charge is 2.11. The van der Waals surface area contributed by atoms with Crippen molar-refractivity contribution in [3.63, 3.8) is 0 Å². The second kappa shape index (κ2) is 8.10. The lowest BCUT2D eigenvalue weighted by Gasteiger charge is -2.12. The predicted molar refractivity (Wildman–Crippen MR) is 109 cm³/mol. The van der Waals surface area contributed by atoms with Crippen LogP contribution < -0.4 is 14.8 Å². The molecule has 0 aliphatic carbocycles. The molecule has 3 aromatic heterocycles. The van der Waals surface area contributed by atoms with Gasteiger partial charge in [-0.2, -0.15) is 5.10 Å². The molecule has 0 saturated heterocycles. The van der Waals surface area contributed by atoms with Gasteiger partial charge in [0.1, 0.15) is 17.3 Å². The van der Waals surface area contributed by atoms with Gasteiger partial charge < -0.3 is 14.8 Å². The van der Waals surface area contributed by atoms with E-state index in [1.54, 1.807) is 44.1 Å². The molecule has 7 nitrogen and oxygen atoms in total. The van der Waals surface area contributed by atoms with Crippen LogP contribution >= 0.6 is 11.3 Å². The van der Waals surface area contributed by atoms with Crippen LogP contribution in [0.3, 0.4) is 0 Å². The molecule has 4 rings (SSSR count). The number of methoxy groups -OCH3 is 2. The summed E-state index contributed by atoms with van der Waals surface area (Å²) in [7, 11) is 3.31. The zero-order valence-electron chi connectivity index (χ0n) is 15.5. The van der Waals surface area contributed by atoms with Crippen LogP contribution in [0, 0.1) is 0 Å². The molecule has 0 saturated carbocycles. The van der Waals surface area contributed by atoms with E-state index in [-0.39, 0.29) is 0 Å². The molecule has 0 amide bonds. The highest BCUT2D eigenvalue weighted by molar-refractivity contribution is 7.12. The normalized spacial score (nSPS) is 10.6. The monoisotopic (exact) mass is 393 g/mol. The van der Waals surface area contributed by atoms with Crippen molar-refractivity contribution in [1.82, 2.24) is 19.7 Å². The fourth-order valence-corrected chi connectivity index (χ4v) is 3.50. The summed E-state index contributed by atoms with van der Waals surface area (Å²) in [6, 6.07) is 11.6. The fourth-order valence-electron chi connectivity index (χ4n) is 2.89. The van der Waals surface area contributed by atoms with Gasteiger partial charge in [-0.15, -0.1) is 11.3 Å². The first kappa shape index (κ1) is 18.0. The fraction of sp³-hybridized carbons (Fsp3) is 0.150. The number of ether oxygens (including phenoxy) is 2. The van der Waals surface area contributed by atoms with E-state index in [4.69, 9.17) is 9.47 Å². The van der Waals surface area contributed by atoms with Crippen LogP contribution in [0.2, 0.25) is 0 Å². The Morgan fingerprint density at radius 1 is 1.00 bits per heavy atom. The lowest BCUT2D eigenvalue weighted by Crippen LogP contribution is -2.04. The number of benzene rings is 1. The summed E-state index contributed by atoms with van der Waals surface area (Å²) in [6.07, 6.45) is 5.32. The summed E-state index contributed by atoms with van der Waals surface area (Å²) < 4.78 is 12.6. The summed E-state index contributed by atoms with van der Waals surface area (Å²) in [4.78, 5) is 8.77. The number of thiazole rings is 1. The van der Waals surface area contributed by atoms with Gasteiger partial charge in [0, 0.05) is 35.4 Å². The topological polar surface area (TPSA) is 74.1 Å². The third kappa shape index (κ3) is 3.67. The Balaban J connectivity index is 1.57. The molecule has 28 heavy (non-hydrogen) atoms. The average Bonchev–Trinajstić information content (AvgIpc) is 3.43. The van der Waals surface area contributed by atoms with Gasteiger partial charge in [-0.3, -0.25) is 0 Å². The minimum atomic E-state index is 0.558. The minimum absolute atomic E-state index is 0.558. The van der Waals surface area contributed by atoms with Crippen LogP contribution in [0.5, 0.6) is 11.5 Å². The standard InChI is InChI=1S/C20H19N5O2S/c1-26-16-3-4-18(27-2)15(11-16)13-23-19-12-14(5-7-21-19)17-6-8-24-25(17)20-22-9-10-28-20/h3-12H,13H2,1-2H3,(H,21,23). The highest BCUT2D eigenvalue weighted by atomic mass is 32.1. The summed E-state index contributed by atoms with van der Waals surface area (Å²) in [5, 5.41) is 10.5. The number of rotatable bonds is 7. The number of nitrogens with zero attached hydrogens (tertiary/aromatic N) is 4. The zero-order valence-corrected chi connectivity index (χ0v) is 16.3. The molecule has 142 valence electrons. The molecule has 0 atom stereocenters. The predicted octanol–water partition coefficient (Wildman–Crippen LogP) is 4.02. The summed E-state index contributed by atoms with van der Waals surface area (Å²) >= 11 is 1.54. The molecule has 8 heteroatoms. The molecule has 4 aromatic rings. The molecule has 0 aliphatic rings. The Bertz CT molecular complexity index is 1060. The molecular formula is C20H19N5O2S. The molecule has 0 radical (unpaired) electrons. The van der Waals surface area contributed by atoms with Gasteiger partial charge >= 0.3 is 0 Å². The second-order valence-electron chi connectivity index (χ2n) is 5.90. The van der Waals surface area contributed by atoms with E-state index in [0.29, 0.717) is 6.54 Å². The van der Waals surface area contributed by atoms with Crippen molar-refractivity contribution < 1.29 is 9.47 Å². The third-order valence-electron chi connectivity index (χ3n) is 4.25. The lowest BCUT2D eigenvalue weighted by molar-refractivity contribution is 0.399. The number of hydrogen-bond acceptors (Lipinski definition) is 7. The maximum Gasteiger partial charge on any atom is 0.210 e. The van der Waals surface area contributed by atoms with Crippen molar-refractivity contribution in [2.45, 2.75) is 6.54 Å². The molecule has 1 aromatic carbocycles. The van der Waals surface area contributed by atoms with Crippen LogP contribution in [0.4, 0.5) is 5.82 Å². The van der Waals surface area contributed by atoms with Crippen LogP contribution in [0.1, 0.15) is 5.56 Å². The molecule has 1 N–H and O–H groups in total. The van der Waals surface area contributed by atoms with Gasteiger partial charge in [-0.05, 0) is 36.4 Å². The van der Waals surface area contributed by atoms with Gasteiger partial charge in [0.2, 0.25) is 5.13 Å². The number of aromatic nitrogens is 4. The van der Waals surface area contributed by atoms with E-state index in [9.17, 15) is 0 Å². The van der Waals surface area contributed by atoms with Crippen LogP contribution in [0.25, 0.3) is 16.4 Å². The first-order chi connectivity index (χ1) is 13.8. The van der Waals surface area contributed by atoms with Crippen molar-refractivity contribution in [3.8, 4) is 27.9 Å². The molecule has 0 unspecified atom stereocenters.